The van der Waals surface area contributed by atoms with Crippen LogP contribution >= 0.6 is 0 Å². The summed E-state index contributed by atoms with van der Waals surface area (Å²) >= 11 is 0. The van der Waals surface area contributed by atoms with E-state index in [1.165, 1.54) is 71.1 Å². The smallest absolute Gasteiger partial charge is 0.0793 e. The Bertz CT molecular complexity index is 2140. The molecule has 0 radical (unpaired) electrons. The predicted octanol–water partition coefficient (Wildman–Crippen LogP) is 10.7. The second kappa shape index (κ2) is 9.18. The first kappa shape index (κ1) is 22.7. The first-order valence-corrected chi connectivity index (χ1v) is 13.7. The van der Waals surface area contributed by atoms with Crippen LogP contribution in [0.3, 0.4) is 0 Å². The maximum Gasteiger partial charge on any atom is 0.0793 e. The minimum absolute atomic E-state index is 1.03. The van der Waals surface area contributed by atoms with Crippen molar-refractivity contribution in [2.75, 3.05) is 0 Å². The van der Waals surface area contributed by atoms with Crippen molar-refractivity contribution in [1.29, 1.82) is 0 Å². The van der Waals surface area contributed by atoms with E-state index in [2.05, 4.69) is 146 Å². The number of benzene rings is 7. The molecule has 0 N–H and O–H groups in total. The maximum atomic E-state index is 4.99. The highest BCUT2D eigenvalue weighted by molar-refractivity contribution is 6.22. The van der Waals surface area contributed by atoms with E-state index < -0.39 is 0 Å². The molecule has 1 heterocycles. The SMILES string of the molecule is c1ccc2cc(-c3ccc(-c4c5ccccc5c(-c5cccc6ccccc56)c5ncccc45)cc3)ccc2c1. The molecule has 0 saturated carbocycles. The molecule has 0 amide bonds. The monoisotopic (exact) mass is 507 g/mol. The Balaban J connectivity index is 1.36. The molecule has 0 unspecified atom stereocenters. The Morgan fingerprint density at radius 1 is 0.350 bits per heavy atom. The lowest BCUT2D eigenvalue weighted by Crippen LogP contribution is -1.93. The summed E-state index contributed by atoms with van der Waals surface area (Å²) in [6.07, 6.45) is 1.92. The molecule has 1 heteroatoms. The lowest BCUT2D eigenvalue weighted by molar-refractivity contribution is 1.42. The summed E-state index contributed by atoms with van der Waals surface area (Å²) < 4.78 is 0. The largest absolute Gasteiger partial charge is 0.256 e. The second-order valence-corrected chi connectivity index (χ2v) is 10.4. The van der Waals surface area contributed by atoms with E-state index in [0.29, 0.717) is 0 Å². The average Bonchev–Trinajstić information content (AvgIpc) is 3.03. The van der Waals surface area contributed by atoms with Gasteiger partial charge >= 0.3 is 0 Å². The third-order valence-electron chi connectivity index (χ3n) is 8.09. The van der Waals surface area contributed by atoms with Crippen LogP contribution in [0.15, 0.2) is 152 Å². The normalized spacial score (nSPS) is 11.5. The van der Waals surface area contributed by atoms with Crippen LogP contribution in [0.5, 0.6) is 0 Å². The summed E-state index contributed by atoms with van der Waals surface area (Å²) in [7, 11) is 0. The zero-order valence-electron chi connectivity index (χ0n) is 21.9. The standard InChI is InChI=1S/C39H25N/c1-2-11-30-25-31(23-20-26(30)9-1)27-18-21-29(22-19-27)37-34-14-5-6-15-35(34)38(39-36(37)17-8-24-40-39)33-16-7-12-28-10-3-4-13-32(28)33/h1-25H. The van der Waals surface area contributed by atoms with Gasteiger partial charge in [0.05, 0.1) is 5.52 Å². The van der Waals surface area contributed by atoms with E-state index >= 15 is 0 Å². The highest BCUT2D eigenvalue weighted by atomic mass is 14.7. The fourth-order valence-corrected chi connectivity index (χ4v) is 6.22. The van der Waals surface area contributed by atoms with Crippen LogP contribution in [0.4, 0.5) is 0 Å². The van der Waals surface area contributed by atoms with Crippen molar-refractivity contribution in [3.8, 4) is 33.4 Å². The van der Waals surface area contributed by atoms with Gasteiger partial charge < -0.3 is 0 Å². The van der Waals surface area contributed by atoms with Crippen molar-refractivity contribution >= 4 is 43.2 Å². The Morgan fingerprint density at radius 2 is 0.950 bits per heavy atom. The van der Waals surface area contributed by atoms with Gasteiger partial charge in [-0.05, 0) is 72.3 Å². The van der Waals surface area contributed by atoms with Crippen molar-refractivity contribution in [3.63, 3.8) is 0 Å². The van der Waals surface area contributed by atoms with Crippen LogP contribution in [0.2, 0.25) is 0 Å². The van der Waals surface area contributed by atoms with Crippen LogP contribution in [0.1, 0.15) is 0 Å². The Hall–Kier alpha value is -5.27. The fourth-order valence-electron chi connectivity index (χ4n) is 6.22. The topological polar surface area (TPSA) is 12.9 Å². The van der Waals surface area contributed by atoms with Crippen LogP contribution < -0.4 is 0 Å². The maximum absolute atomic E-state index is 4.99. The molecule has 186 valence electrons. The molecule has 0 aliphatic heterocycles. The molecule has 1 nitrogen and oxygen atoms in total. The van der Waals surface area contributed by atoms with Crippen LogP contribution in [0, 0.1) is 0 Å². The number of nitrogens with zero attached hydrogens (tertiary/aromatic N) is 1. The third kappa shape index (κ3) is 3.60. The molecule has 0 bridgehead atoms. The first-order chi connectivity index (χ1) is 19.8. The number of hydrogen-bond donors (Lipinski definition) is 0. The lowest BCUT2D eigenvalue weighted by Gasteiger charge is -2.18. The Kier molecular flexibility index (Phi) is 5.21. The highest BCUT2D eigenvalue weighted by Gasteiger charge is 2.18. The van der Waals surface area contributed by atoms with Gasteiger partial charge in [-0.2, -0.15) is 0 Å². The van der Waals surface area contributed by atoms with Gasteiger partial charge in [0, 0.05) is 17.1 Å². The summed E-state index contributed by atoms with van der Waals surface area (Å²) in [5, 5.41) is 8.64. The van der Waals surface area contributed by atoms with Crippen molar-refractivity contribution < 1.29 is 0 Å². The van der Waals surface area contributed by atoms with E-state index in [1.54, 1.807) is 0 Å². The van der Waals surface area contributed by atoms with Gasteiger partial charge in [0.15, 0.2) is 0 Å². The zero-order chi connectivity index (χ0) is 26.5. The number of hydrogen-bond acceptors (Lipinski definition) is 1. The number of aromatic nitrogens is 1. The number of rotatable bonds is 3. The molecule has 0 fully saturated rings. The summed E-state index contributed by atoms with van der Waals surface area (Å²) in [6.45, 7) is 0. The fraction of sp³-hybridized carbons (Fsp3) is 0. The molecule has 8 rings (SSSR count). The Labute approximate surface area is 233 Å². The number of fused-ring (bicyclic) bond motifs is 4. The highest BCUT2D eigenvalue weighted by Crippen LogP contribution is 2.44. The van der Waals surface area contributed by atoms with Crippen molar-refractivity contribution in [3.05, 3.63) is 152 Å². The predicted molar refractivity (Wildman–Crippen MR) is 171 cm³/mol. The van der Waals surface area contributed by atoms with E-state index in [1.807, 2.05) is 6.20 Å². The molecule has 40 heavy (non-hydrogen) atoms. The van der Waals surface area contributed by atoms with Gasteiger partial charge in [-0.3, -0.25) is 4.98 Å². The van der Waals surface area contributed by atoms with E-state index in [4.69, 9.17) is 4.98 Å². The first-order valence-electron chi connectivity index (χ1n) is 13.7. The summed E-state index contributed by atoms with van der Waals surface area (Å²) in [5.41, 5.74) is 8.32. The van der Waals surface area contributed by atoms with Gasteiger partial charge in [0.1, 0.15) is 0 Å². The summed E-state index contributed by atoms with van der Waals surface area (Å²) in [4.78, 5) is 4.99. The van der Waals surface area contributed by atoms with E-state index in [-0.39, 0.29) is 0 Å². The summed E-state index contributed by atoms with van der Waals surface area (Å²) in [5.74, 6) is 0. The van der Waals surface area contributed by atoms with Crippen molar-refractivity contribution in [2.45, 2.75) is 0 Å². The molecular weight excluding hydrogens is 482 g/mol. The molecule has 0 aliphatic carbocycles. The van der Waals surface area contributed by atoms with Crippen LogP contribution in [0.25, 0.3) is 76.6 Å². The molecular formula is C39H25N. The van der Waals surface area contributed by atoms with Gasteiger partial charge in [0.2, 0.25) is 0 Å². The molecule has 1 aromatic heterocycles. The van der Waals surface area contributed by atoms with Gasteiger partial charge in [0.25, 0.3) is 0 Å². The van der Waals surface area contributed by atoms with Gasteiger partial charge in [-0.1, -0.05) is 133 Å². The Morgan fingerprint density at radius 3 is 1.77 bits per heavy atom. The van der Waals surface area contributed by atoms with E-state index in [0.717, 1.165) is 5.52 Å². The van der Waals surface area contributed by atoms with Gasteiger partial charge in [-0.25, -0.2) is 0 Å². The third-order valence-corrected chi connectivity index (χ3v) is 8.09. The molecule has 0 spiro atoms. The molecule has 0 saturated heterocycles. The minimum atomic E-state index is 1.03. The van der Waals surface area contributed by atoms with Crippen LogP contribution in [-0.4, -0.2) is 4.98 Å². The van der Waals surface area contributed by atoms with Gasteiger partial charge in [-0.15, -0.1) is 0 Å². The zero-order valence-corrected chi connectivity index (χ0v) is 21.9. The average molecular weight is 508 g/mol. The van der Waals surface area contributed by atoms with Crippen molar-refractivity contribution in [2.24, 2.45) is 0 Å². The second-order valence-electron chi connectivity index (χ2n) is 10.4. The molecule has 7 aromatic carbocycles. The van der Waals surface area contributed by atoms with Crippen molar-refractivity contribution in [1.82, 2.24) is 4.98 Å². The summed E-state index contributed by atoms with van der Waals surface area (Å²) in [6, 6.07) is 52.5. The van der Waals surface area contributed by atoms with E-state index in [9.17, 15) is 0 Å². The van der Waals surface area contributed by atoms with Crippen LogP contribution in [-0.2, 0) is 0 Å². The minimum Gasteiger partial charge on any atom is -0.256 e. The number of pyridine rings is 1. The molecule has 0 atom stereocenters. The molecule has 8 aromatic rings. The lowest BCUT2D eigenvalue weighted by atomic mass is 9.86. The quantitative estimate of drug-likeness (QED) is 0.217. The molecule has 0 aliphatic rings.